The van der Waals surface area contributed by atoms with Crippen LogP contribution in [-0.4, -0.2) is 16.9 Å². The van der Waals surface area contributed by atoms with E-state index in [2.05, 4.69) is 24.1 Å². The third kappa shape index (κ3) is 3.28. The Morgan fingerprint density at radius 1 is 1.35 bits per heavy atom. The van der Waals surface area contributed by atoms with Crippen LogP contribution < -0.4 is 5.32 Å². The minimum Gasteiger partial charge on any atom is -0.348 e. The third-order valence-corrected chi connectivity index (χ3v) is 3.68. The van der Waals surface area contributed by atoms with E-state index in [1.54, 1.807) is 6.07 Å². The van der Waals surface area contributed by atoms with Crippen molar-refractivity contribution in [2.75, 3.05) is 0 Å². The van der Waals surface area contributed by atoms with Gasteiger partial charge in [-0.05, 0) is 25.0 Å². The van der Waals surface area contributed by atoms with E-state index in [4.69, 9.17) is 11.6 Å². The number of amides is 1. The van der Waals surface area contributed by atoms with Crippen molar-refractivity contribution in [1.82, 2.24) is 10.3 Å². The molecule has 1 aromatic carbocycles. The molecule has 1 heterocycles. The van der Waals surface area contributed by atoms with Crippen molar-refractivity contribution in [2.24, 2.45) is 0 Å². The normalized spacial score (nSPS) is 12.3. The van der Waals surface area contributed by atoms with Gasteiger partial charge >= 0.3 is 0 Å². The van der Waals surface area contributed by atoms with Crippen LogP contribution in [0.1, 0.15) is 43.6 Å². The van der Waals surface area contributed by atoms with Gasteiger partial charge in [0.1, 0.15) is 5.69 Å². The van der Waals surface area contributed by atoms with E-state index in [0.717, 1.165) is 30.2 Å². The molecule has 0 fully saturated rings. The first-order valence-electron chi connectivity index (χ1n) is 7.01. The lowest BCUT2D eigenvalue weighted by molar-refractivity contribution is 0.0929. The molecule has 0 bridgehead atoms. The quantitative estimate of drug-likeness (QED) is 0.897. The summed E-state index contributed by atoms with van der Waals surface area (Å²) < 4.78 is 0. The molecule has 0 aliphatic rings. The van der Waals surface area contributed by atoms with Gasteiger partial charge in [0.25, 0.3) is 5.91 Å². The lowest BCUT2D eigenvalue weighted by atomic mass is 10.1. The summed E-state index contributed by atoms with van der Waals surface area (Å²) >= 11 is 6.22. The molecule has 2 rings (SSSR count). The molecular formula is C16H19ClN2O. The molecule has 3 nitrogen and oxygen atoms in total. The van der Waals surface area contributed by atoms with Crippen LogP contribution in [0.2, 0.25) is 5.02 Å². The Morgan fingerprint density at radius 2 is 2.10 bits per heavy atom. The maximum absolute atomic E-state index is 12.3. The molecule has 1 amide bonds. The number of hydrogen-bond donors (Lipinski definition) is 1. The van der Waals surface area contributed by atoms with Gasteiger partial charge in [-0.25, -0.2) is 4.98 Å². The molecule has 106 valence electrons. The number of halogens is 1. The largest absolute Gasteiger partial charge is 0.348 e. The fourth-order valence-corrected chi connectivity index (χ4v) is 2.50. The van der Waals surface area contributed by atoms with Crippen molar-refractivity contribution in [2.45, 2.75) is 39.2 Å². The van der Waals surface area contributed by atoms with Gasteiger partial charge in [-0.3, -0.25) is 4.79 Å². The lowest BCUT2D eigenvalue weighted by Gasteiger charge is -2.16. The van der Waals surface area contributed by atoms with Crippen LogP contribution in [-0.2, 0) is 0 Å². The van der Waals surface area contributed by atoms with E-state index in [-0.39, 0.29) is 11.9 Å². The molecule has 0 aliphatic carbocycles. The van der Waals surface area contributed by atoms with Crippen LogP contribution >= 0.6 is 11.6 Å². The van der Waals surface area contributed by atoms with E-state index in [1.807, 2.05) is 24.3 Å². The SMILES string of the molecule is CCCC(CC)NC(=O)c1cc(Cl)c2ccccc2n1. The van der Waals surface area contributed by atoms with Gasteiger partial charge in [0.05, 0.1) is 10.5 Å². The fraction of sp³-hybridized carbons (Fsp3) is 0.375. The fourth-order valence-electron chi connectivity index (χ4n) is 2.24. The van der Waals surface area contributed by atoms with E-state index in [0.29, 0.717) is 10.7 Å². The topological polar surface area (TPSA) is 42.0 Å². The highest BCUT2D eigenvalue weighted by molar-refractivity contribution is 6.35. The lowest BCUT2D eigenvalue weighted by Crippen LogP contribution is -2.34. The van der Waals surface area contributed by atoms with E-state index in [9.17, 15) is 4.79 Å². The van der Waals surface area contributed by atoms with Gasteiger partial charge in [0.2, 0.25) is 0 Å². The second kappa shape index (κ2) is 6.71. The average molecular weight is 291 g/mol. The average Bonchev–Trinajstić information content (AvgIpc) is 2.46. The summed E-state index contributed by atoms with van der Waals surface area (Å²) in [7, 11) is 0. The predicted molar refractivity (Wildman–Crippen MR) is 83.2 cm³/mol. The Kier molecular flexibility index (Phi) is 4.96. The highest BCUT2D eigenvalue weighted by Crippen LogP contribution is 2.22. The van der Waals surface area contributed by atoms with Crippen LogP contribution in [0.25, 0.3) is 10.9 Å². The number of fused-ring (bicyclic) bond motifs is 1. The Morgan fingerprint density at radius 3 is 2.80 bits per heavy atom. The second-order valence-electron chi connectivity index (χ2n) is 4.87. The van der Waals surface area contributed by atoms with Crippen molar-refractivity contribution in [3.8, 4) is 0 Å². The summed E-state index contributed by atoms with van der Waals surface area (Å²) in [5, 5.41) is 4.44. The van der Waals surface area contributed by atoms with Crippen molar-refractivity contribution in [3.63, 3.8) is 0 Å². The minimum atomic E-state index is -0.155. The van der Waals surface area contributed by atoms with Crippen LogP contribution in [0, 0.1) is 0 Å². The molecule has 0 aliphatic heterocycles. The van der Waals surface area contributed by atoms with Gasteiger partial charge in [-0.1, -0.05) is 50.1 Å². The first-order valence-corrected chi connectivity index (χ1v) is 7.39. The molecule has 0 spiro atoms. The molecule has 4 heteroatoms. The summed E-state index contributed by atoms with van der Waals surface area (Å²) in [6, 6.07) is 9.39. The molecule has 0 saturated heterocycles. The van der Waals surface area contributed by atoms with Gasteiger partial charge in [0, 0.05) is 11.4 Å². The molecule has 0 radical (unpaired) electrons. The van der Waals surface area contributed by atoms with Crippen LogP contribution in [0.15, 0.2) is 30.3 Å². The first-order chi connectivity index (χ1) is 9.65. The van der Waals surface area contributed by atoms with Crippen LogP contribution in [0.4, 0.5) is 0 Å². The molecular weight excluding hydrogens is 272 g/mol. The molecule has 0 saturated carbocycles. The zero-order chi connectivity index (χ0) is 14.5. The number of carbonyl (C=O) groups is 1. The Balaban J connectivity index is 2.26. The zero-order valence-corrected chi connectivity index (χ0v) is 12.6. The van der Waals surface area contributed by atoms with Gasteiger partial charge in [0.15, 0.2) is 0 Å². The van der Waals surface area contributed by atoms with Crippen molar-refractivity contribution < 1.29 is 4.79 Å². The summed E-state index contributed by atoms with van der Waals surface area (Å²) in [6.07, 6.45) is 2.94. The molecule has 1 unspecified atom stereocenters. The van der Waals surface area contributed by atoms with Gasteiger partial charge < -0.3 is 5.32 Å². The minimum absolute atomic E-state index is 0.155. The van der Waals surface area contributed by atoms with Crippen LogP contribution in [0.5, 0.6) is 0 Å². The molecule has 20 heavy (non-hydrogen) atoms. The summed E-state index contributed by atoms with van der Waals surface area (Å²) in [5.41, 5.74) is 1.12. The van der Waals surface area contributed by atoms with Gasteiger partial charge in [-0.2, -0.15) is 0 Å². The predicted octanol–water partition coefficient (Wildman–Crippen LogP) is 4.20. The Hall–Kier alpha value is -1.61. The van der Waals surface area contributed by atoms with Crippen molar-refractivity contribution in [3.05, 3.63) is 41.0 Å². The number of aromatic nitrogens is 1. The van der Waals surface area contributed by atoms with Crippen molar-refractivity contribution in [1.29, 1.82) is 0 Å². The number of nitrogens with one attached hydrogen (secondary N) is 1. The molecule has 1 N–H and O–H groups in total. The molecule has 2 aromatic rings. The third-order valence-electron chi connectivity index (χ3n) is 3.36. The second-order valence-corrected chi connectivity index (χ2v) is 5.28. The maximum Gasteiger partial charge on any atom is 0.270 e. The summed E-state index contributed by atoms with van der Waals surface area (Å²) in [6.45, 7) is 4.18. The first kappa shape index (κ1) is 14.8. The zero-order valence-electron chi connectivity index (χ0n) is 11.8. The van der Waals surface area contributed by atoms with E-state index < -0.39 is 0 Å². The number of para-hydroxylation sites is 1. The van der Waals surface area contributed by atoms with Gasteiger partial charge in [-0.15, -0.1) is 0 Å². The number of benzene rings is 1. The highest BCUT2D eigenvalue weighted by atomic mass is 35.5. The Bertz CT molecular complexity index is 612. The number of pyridine rings is 1. The van der Waals surface area contributed by atoms with Crippen molar-refractivity contribution >= 4 is 28.4 Å². The number of rotatable bonds is 5. The number of hydrogen-bond acceptors (Lipinski definition) is 2. The summed E-state index contributed by atoms with van der Waals surface area (Å²) in [4.78, 5) is 16.6. The maximum atomic E-state index is 12.3. The molecule has 1 aromatic heterocycles. The summed E-state index contributed by atoms with van der Waals surface area (Å²) in [5.74, 6) is -0.155. The smallest absolute Gasteiger partial charge is 0.270 e. The standard InChI is InChI=1S/C16H19ClN2O/c1-3-7-11(4-2)18-16(20)15-10-13(17)12-8-5-6-9-14(12)19-15/h5-6,8-11H,3-4,7H2,1-2H3,(H,18,20). The Labute approximate surface area is 124 Å². The van der Waals surface area contributed by atoms with E-state index >= 15 is 0 Å². The number of carbonyl (C=O) groups excluding carboxylic acids is 1. The molecule has 1 atom stereocenters. The monoisotopic (exact) mass is 290 g/mol. The highest BCUT2D eigenvalue weighted by Gasteiger charge is 2.14. The van der Waals surface area contributed by atoms with Crippen LogP contribution in [0.3, 0.4) is 0 Å². The van der Waals surface area contributed by atoms with E-state index in [1.165, 1.54) is 0 Å². The number of nitrogens with zero attached hydrogens (tertiary/aromatic N) is 1.